The van der Waals surface area contributed by atoms with E-state index in [-0.39, 0.29) is 12.0 Å². The normalized spacial score (nSPS) is 9.36. The van der Waals surface area contributed by atoms with Crippen molar-refractivity contribution < 1.29 is 9.90 Å². The van der Waals surface area contributed by atoms with Gasteiger partial charge in [-0.05, 0) is 28.3 Å². The van der Waals surface area contributed by atoms with Crippen molar-refractivity contribution in [3.05, 3.63) is 65.2 Å². The molecular weight excluding hydrogens is 276 g/mol. The first-order valence-corrected chi connectivity index (χ1v) is 6.55. The van der Waals surface area contributed by atoms with Gasteiger partial charge in [0.25, 0.3) is 0 Å². The summed E-state index contributed by atoms with van der Waals surface area (Å²) >= 11 is 0. The van der Waals surface area contributed by atoms with E-state index in [0.29, 0.717) is 0 Å². The fraction of sp³-hybridized carbons (Fsp3) is 0.0556. The number of nitrogens with zero attached hydrogens (tertiary/aromatic N) is 2. The second-order valence-electron chi connectivity index (χ2n) is 4.67. The molecule has 2 rings (SSSR count). The predicted molar refractivity (Wildman–Crippen MR) is 82.4 cm³/mol. The van der Waals surface area contributed by atoms with Crippen LogP contribution in [0.4, 0.5) is 0 Å². The van der Waals surface area contributed by atoms with Crippen LogP contribution in [0.2, 0.25) is 0 Å². The molecule has 0 aliphatic heterocycles. The summed E-state index contributed by atoms with van der Waals surface area (Å²) in [5.41, 5.74) is 3.43. The lowest BCUT2D eigenvalue weighted by molar-refractivity contribution is -0.136. The minimum Gasteiger partial charge on any atom is -0.481 e. The fourth-order valence-corrected chi connectivity index (χ4v) is 2.06. The molecule has 0 aliphatic carbocycles. The third kappa shape index (κ3) is 3.82. The number of aliphatic carboxylic acids is 1. The highest BCUT2D eigenvalue weighted by Crippen LogP contribution is 2.22. The van der Waals surface area contributed by atoms with Gasteiger partial charge in [0.2, 0.25) is 0 Å². The minimum atomic E-state index is -0.863. The molecule has 0 saturated heterocycles. The van der Waals surface area contributed by atoms with Crippen molar-refractivity contribution >= 4 is 12.0 Å². The van der Waals surface area contributed by atoms with E-state index >= 15 is 0 Å². The molecule has 0 aliphatic rings. The van der Waals surface area contributed by atoms with Gasteiger partial charge in [-0.25, -0.2) is 0 Å². The minimum absolute atomic E-state index is 0.0115. The number of hydrogen-bond donors (Lipinski definition) is 1. The van der Waals surface area contributed by atoms with Crippen molar-refractivity contribution in [2.75, 3.05) is 0 Å². The number of carboxylic acid groups (broad SMARTS) is 1. The lowest BCUT2D eigenvalue weighted by atomic mass is 10.0. The van der Waals surface area contributed by atoms with Crippen molar-refractivity contribution in [2.24, 2.45) is 0 Å². The molecule has 2 aromatic rings. The van der Waals surface area contributed by atoms with Crippen LogP contribution in [0.25, 0.3) is 17.2 Å². The Morgan fingerprint density at radius 3 is 2.32 bits per heavy atom. The quantitative estimate of drug-likeness (QED) is 0.873. The third-order valence-electron chi connectivity index (χ3n) is 3.08. The first-order chi connectivity index (χ1) is 10.6. The predicted octanol–water partition coefficient (Wildman–Crippen LogP) is 3.41. The average Bonchev–Trinajstić information content (AvgIpc) is 2.53. The number of allylic oxidation sites excluding steroid dienone is 1. The second-order valence-corrected chi connectivity index (χ2v) is 4.67. The van der Waals surface area contributed by atoms with Crippen molar-refractivity contribution in [1.82, 2.24) is 0 Å². The summed E-state index contributed by atoms with van der Waals surface area (Å²) in [6, 6.07) is 18.4. The van der Waals surface area contributed by atoms with E-state index in [2.05, 4.69) is 0 Å². The highest BCUT2D eigenvalue weighted by atomic mass is 16.4. The SMILES string of the molecule is N#CC(C#N)=Cc1ccc(-c2cccc(CC(=O)O)c2)cc1. The highest BCUT2D eigenvalue weighted by molar-refractivity contribution is 5.73. The molecule has 22 heavy (non-hydrogen) atoms. The summed E-state index contributed by atoms with van der Waals surface area (Å²) in [6.45, 7) is 0. The standard InChI is InChI=1S/C18H12N2O2/c19-11-15(12-20)8-13-4-6-16(7-5-13)17-3-1-2-14(9-17)10-18(21)22/h1-9H,10H2,(H,21,22). The van der Waals surface area contributed by atoms with E-state index in [1.54, 1.807) is 6.07 Å². The van der Waals surface area contributed by atoms with Crippen LogP contribution in [0.15, 0.2) is 54.1 Å². The molecule has 4 heteroatoms. The van der Waals surface area contributed by atoms with E-state index in [9.17, 15) is 4.79 Å². The Balaban J connectivity index is 2.28. The van der Waals surface area contributed by atoms with Crippen molar-refractivity contribution in [3.63, 3.8) is 0 Å². The molecule has 0 saturated carbocycles. The Hall–Kier alpha value is -3.37. The van der Waals surface area contributed by atoms with E-state index < -0.39 is 5.97 Å². The summed E-state index contributed by atoms with van der Waals surface area (Å²) in [4.78, 5) is 10.8. The van der Waals surface area contributed by atoms with Crippen LogP contribution in [0.3, 0.4) is 0 Å². The lowest BCUT2D eigenvalue weighted by Gasteiger charge is -2.05. The molecule has 0 heterocycles. The van der Waals surface area contributed by atoms with Crippen LogP contribution in [-0.4, -0.2) is 11.1 Å². The van der Waals surface area contributed by atoms with Gasteiger partial charge in [-0.3, -0.25) is 4.79 Å². The lowest BCUT2D eigenvalue weighted by Crippen LogP contribution is -1.99. The molecule has 2 aromatic carbocycles. The van der Waals surface area contributed by atoms with Gasteiger partial charge in [0, 0.05) is 0 Å². The van der Waals surface area contributed by atoms with Crippen LogP contribution < -0.4 is 0 Å². The first-order valence-electron chi connectivity index (χ1n) is 6.55. The summed E-state index contributed by atoms with van der Waals surface area (Å²) in [7, 11) is 0. The Bertz CT molecular complexity index is 790. The molecule has 1 N–H and O–H groups in total. The van der Waals surface area contributed by atoms with Gasteiger partial charge >= 0.3 is 5.97 Å². The Morgan fingerprint density at radius 2 is 1.73 bits per heavy atom. The maximum Gasteiger partial charge on any atom is 0.307 e. The van der Waals surface area contributed by atoms with Gasteiger partial charge in [-0.1, -0.05) is 48.5 Å². The molecule has 0 spiro atoms. The van der Waals surface area contributed by atoms with Crippen LogP contribution >= 0.6 is 0 Å². The molecular formula is C18H12N2O2. The molecule has 0 amide bonds. The van der Waals surface area contributed by atoms with Gasteiger partial charge in [0.15, 0.2) is 0 Å². The van der Waals surface area contributed by atoms with E-state index in [1.807, 2.05) is 54.6 Å². The van der Waals surface area contributed by atoms with Gasteiger partial charge in [0.1, 0.15) is 17.7 Å². The van der Waals surface area contributed by atoms with Gasteiger partial charge in [-0.15, -0.1) is 0 Å². The van der Waals surface area contributed by atoms with E-state index in [4.69, 9.17) is 15.6 Å². The molecule has 0 atom stereocenters. The zero-order valence-corrected chi connectivity index (χ0v) is 11.7. The number of rotatable bonds is 4. The van der Waals surface area contributed by atoms with E-state index in [1.165, 1.54) is 6.08 Å². The topological polar surface area (TPSA) is 84.9 Å². The smallest absolute Gasteiger partial charge is 0.307 e. The number of carboxylic acids is 1. The van der Waals surface area contributed by atoms with Crippen molar-refractivity contribution in [2.45, 2.75) is 6.42 Å². The number of nitriles is 2. The summed E-state index contributed by atoms with van der Waals surface area (Å²) in [5, 5.41) is 26.3. The number of carbonyl (C=O) groups is 1. The summed E-state index contributed by atoms with van der Waals surface area (Å²) < 4.78 is 0. The molecule has 0 fully saturated rings. The van der Waals surface area contributed by atoms with Gasteiger partial charge < -0.3 is 5.11 Å². The van der Waals surface area contributed by atoms with Crippen LogP contribution in [0, 0.1) is 22.7 Å². The maximum absolute atomic E-state index is 10.8. The van der Waals surface area contributed by atoms with Crippen molar-refractivity contribution in [3.8, 4) is 23.3 Å². The van der Waals surface area contributed by atoms with Crippen LogP contribution in [0.1, 0.15) is 11.1 Å². The van der Waals surface area contributed by atoms with Gasteiger partial charge in [-0.2, -0.15) is 10.5 Å². The van der Waals surface area contributed by atoms with E-state index in [0.717, 1.165) is 22.3 Å². The largest absolute Gasteiger partial charge is 0.481 e. The number of benzene rings is 2. The summed E-state index contributed by atoms with van der Waals surface area (Å²) in [6.07, 6.45) is 1.51. The fourth-order valence-electron chi connectivity index (χ4n) is 2.06. The van der Waals surface area contributed by atoms with Crippen LogP contribution in [0.5, 0.6) is 0 Å². The molecule has 0 radical (unpaired) electrons. The molecule has 0 bridgehead atoms. The highest BCUT2D eigenvalue weighted by Gasteiger charge is 2.03. The van der Waals surface area contributed by atoms with Crippen LogP contribution in [-0.2, 0) is 11.2 Å². The first kappa shape index (κ1) is 15.0. The zero-order valence-electron chi connectivity index (χ0n) is 11.7. The van der Waals surface area contributed by atoms with Crippen molar-refractivity contribution in [1.29, 1.82) is 10.5 Å². The number of hydrogen-bond acceptors (Lipinski definition) is 3. The molecule has 0 aromatic heterocycles. The third-order valence-corrected chi connectivity index (χ3v) is 3.08. The van der Waals surface area contributed by atoms with Gasteiger partial charge in [0.05, 0.1) is 6.42 Å². The zero-order chi connectivity index (χ0) is 15.9. The molecule has 106 valence electrons. The maximum atomic E-state index is 10.8. The molecule has 0 unspecified atom stereocenters. The summed E-state index contributed by atoms with van der Waals surface area (Å²) in [5.74, 6) is -0.863. The Morgan fingerprint density at radius 1 is 1.05 bits per heavy atom. The Kier molecular flexibility index (Phi) is 4.70. The average molecular weight is 288 g/mol. The monoisotopic (exact) mass is 288 g/mol. The second kappa shape index (κ2) is 6.88. The Labute approximate surface area is 128 Å². The molecule has 4 nitrogen and oxygen atoms in total.